The number of carbonyl (C=O) groups excluding carboxylic acids is 1. The predicted octanol–water partition coefficient (Wildman–Crippen LogP) is 4.87. The zero-order valence-electron chi connectivity index (χ0n) is 15.7. The number of nitrogens with zero attached hydrogens (tertiary/aromatic N) is 1. The molecule has 0 spiro atoms. The minimum Gasteiger partial charge on any atom is -0.486 e. The summed E-state index contributed by atoms with van der Waals surface area (Å²) in [5.74, 6) is 1.12. The van der Waals surface area contributed by atoms with Crippen LogP contribution in [0.2, 0.25) is 0 Å². The smallest absolute Gasteiger partial charge is 0.258 e. The molecular weight excluding hydrogens is 372 g/mol. The molecule has 3 aromatic rings. The molecule has 0 saturated carbocycles. The van der Waals surface area contributed by atoms with Crippen LogP contribution in [0.5, 0.6) is 11.5 Å². The van der Waals surface area contributed by atoms with E-state index >= 15 is 0 Å². The molecule has 0 saturated heterocycles. The number of aryl methyl sites for hydroxylation is 2. The van der Waals surface area contributed by atoms with Gasteiger partial charge in [0.05, 0.1) is 5.56 Å². The zero-order valence-corrected chi connectivity index (χ0v) is 16.5. The normalized spacial score (nSPS) is 12.5. The number of ether oxygens (including phenoxy) is 2. The Morgan fingerprint density at radius 2 is 1.86 bits per heavy atom. The number of pyridine rings is 1. The summed E-state index contributed by atoms with van der Waals surface area (Å²) in [4.78, 5) is 18.4. The molecule has 0 fully saturated rings. The molecule has 1 amide bonds. The molecule has 28 heavy (non-hydrogen) atoms. The molecule has 5 nitrogen and oxygen atoms in total. The Morgan fingerprint density at radius 1 is 1.04 bits per heavy atom. The van der Waals surface area contributed by atoms with Crippen molar-refractivity contribution in [3.63, 3.8) is 0 Å². The highest BCUT2D eigenvalue weighted by Crippen LogP contribution is 2.34. The first-order chi connectivity index (χ1) is 13.6. The van der Waals surface area contributed by atoms with E-state index in [-0.39, 0.29) is 5.91 Å². The molecule has 2 heterocycles. The molecular formula is C22H20N2O3S. The lowest BCUT2D eigenvalue weighted by Crippen LogP contribution is -2.17. The van der Waals surface area contributed by atoms with Crippen LogP contribution in [0.25, 0.3) is 0 Å². The Labute approximate surface area is 168 Å². The van der Waals surface area contributed by atoms with E-state index in [1.807, 2.05) is 0 Å². The van der Waals surface area contributed by atoms with Crippen molar-refractivity contribution in [1.29, 1.82) is 0 Å². The van der Waals surface area contributed by atoms with Crippen LogP contribution in [0.15, 0.2) is 64.6 Å². The Morgan fingerprint density at radius 3 is 2.71 bits per heavy atom. The Balaban J connectivity index is 1.57. The Bertz CT molecular complexity index is 1040. The number of aromatic nitrogens is 1. The van der Waals surface area contributed by atoms with Gasteiger partial charge < -0.3 is 14.8 Å². The van der Waals surface area contributed by atoms with Crippen LogP contribution in [0.4, 0.5) is 5.69 Å². The first kappa shape index (κ1) is 18.4. The van der Waals surface area contributed by atoms with E-state index in [1.165, 1.54) is 17.3 Å². The van der Waals surface area contributed by atoms with Gasteiger partial charge in [0.1, 0.15) is 18.2 Å². The van der Waals surface area contributed by atoms with Gasteiger partial charge >= 0.3 is 0 Å². The number of hydrogen-bond donors (Lipinski definition) is 1. The van der Waals surface area contributed by atoms with E-state index in [1.54, 1.807) is 36.5 Å². The highest BCUT2D eigenvalue weighted by atomic mass is 32.2. The predicted molar refractivity (Wildman–Crippen MR) is 110 cm³/mol. The van der Waals surface area contributed by atoms with Crippen molar-refractivity contribution in [2.24, 2.45) is 0 Å². The monoisotopic (exact) mass is 392 g/mol. The van der Waals surface area contributed by atoms with Crippen LogP contribution >= 0.6 is 11.8 Å². The van der Waals surface area contributed by atoms with Gasteiger partial charge in [-0.05, 0) is 55.3 Å². The van der Waals surface area contributed by atoms with Gasteiger partial charge in [-0.1, -0.05) is 23.9 Å². The highest BCUT2D eigenvalue weighted by Gasteiger charge is 2.17. The molecule has 142 valence electrons. The number of rotatable bonds is 4. The minimum atomic E-state index is -0.211. The van der Waals surface area contributed by atoms with E-state index in [0.29, 0.717) is 41.0 Å². The van der Waals surface area contributed by atoms with Crippen molar-refractivity contribution in [3.8, 4) is 11.5 Å². The number of carbonyl (C=O) groups is 1. The lowest BCUT2D eigenvalue weighted by molar-refractivity contribution is 0.102. The topological polar surface area (TPSA) is 60.5 Å². The third-order valence-electron chi connectivity index (χ3n) is 4.37. The number of hydrogen-bond acceptors (Lipinski definition) is 5. The average molecular weight is 392 g/mol. The van der Waals surface area contributed by atoms with E-state index < -0.39 is 0 Å². The highest BCUT2D eigenvalue weighted by molar-refractivity contribution is 7.99. The molecule has 0 aliphatic carbocycles. The third kappa shape index (κ3) is 3.97. The van der Waals surface area contributed by atoms with Gasteiger partial charge in [0.15, 0.2) is 11.5 Å². The summed E-state index contributed by atoms with van der Waals surface area (Å²) in [6.45, 7) is 5.15. The van der Waals surface area contributed by atoms with Gasteiger partial charge in [0.2, 0.25) is 0 Å². The molecule has 4 rings (SSSR count). The van der Waals surface area contributed by atoms with E-state index in [0.717, 1.165) is 10.5 Å². The fourth-order valence-electron chi connectivity index (χ4n) is 2.89. The summed E-state index contributed by atoms with van der Waals surface area (Å²) in [7, 11) is 0. The van der Waals surface area contributed by atoms with Crippen molar-refractivity contribution in [2.75, 3.05) is 18.5 Å². The molecule has 2 aromatic carbocycles. The molecule has 1 aliphatic heterocycles. The molecule has 0 bridgehead atoms. The molecule has 0 unspecified atom stereocenters. The Hall–Kier alpha value is -2.99. The molecule has 1 N–H and O–H groups in total. The lowest BCUT2D eigenvalue weighted by Gasteiger charge is -2.19. The lowest BCUT2D eigenvalue weighted by atomic mass is 10.2. The van der Waals surface area contributed by atoms with Crippen LogP contribution in [0, 0.1) is 13.8 Å². The number of nitrogens with one attached hydrogen (secondary N) is 1. The Kier molecular flexibility index (Phi) is 5.21. The summed E-state index contributed by atoms with van der Waals surface area (Å²) in [6, 6.07) is 15.2. The summed E-state index contributed by atoms with van der Waals surface area (Å²) >= 11 is 1.50. The largest absolute Gasteiger partial charge is 0.486 e. The van der Waals surface area contributed by atoms with Crippen molar-refractivity contribution in [2.45, 2.75) is 23.8 Å². The average Bonchev–Trinajstić information content (AvgIpc) is 2.71. The second-order valence-electron chi connectivity index (χ2n) is 6.54. The van der Waals surface area contributed by atoms with Crippen molar-refractivity contribution >= 4 is 23.4 Å². The van der Waals surface area contributed by atoms with E-state index in [9.17, 15) is 4.79 Å². The SMILES string of the molecule is Cc1ccc(C)c(Sc2ncccc2C(=O)Nc2ccc3c(c2)OCCO3)c1. The van der Waals surface area contributed by atoms with E-state index in [2.05, 4.69) is 42.3 Å². The number of benzene rings is 2. The van der Waals surface area contributed by atoms with Gasteiger partial charge in [0.25, 0.3) is 5.91 Å². The zero-order chi connectivity index (χ0) is 19.5. The molecule has 0 atom stereocenters. The number of amides is 1. The standard InChI is InChI=1S/C22H20N2O3S/c1-14-5-6-15(2)20(12-14)28-22-17(4-3-9-23-22)21(25)24-16-7-8-18-19(13-16)27-11-10-26-18/h3-9,12-13H,10-11H2,1-2H3,(H,24,25). The minimum absolute atomic E-state index is 0.211. The summed E-state index contributed by atoms with van der Waals surface area (Å²) in [6.07, 6.45) is 1.70. The van der Waals surface area contributed by atoms with Crippen LogP contribution in [0.1, 0.15) is 21.5 Å². The van der Waals surface area contributed by atoms with Crippen LogP contribution in [-0.4, -0.2) is 24.1 Å². The summed E-state index contributed by atoms with van der Waals surface area (Å²) in [5, 5.41) is 3.61. The molecule has 6 heteroatoms. The van der Waals surface area contributed by atoms with Gasteiger partial charge in [-0.3, -0.25) is 4.79 Å². The number of anilines is 1. The first-order valence-corrected chi connectivity index (χ1v) is 9.83. The van der Waals surface area contributed by atoms with Gasteiger partial charge in [-0.15, -0.1) is 0 Å². The van der Waals surface area contributed by atoms with Crippen molar-refractivity contribution in [1.82, 2.24) is 4.98 Å². The fraction of sp³-hybridized carbons (Fsp3) is 0.182. The molecule has 0 radical (unpaired) electrons. The van der Waals surface area contributed by atoms with Crippen LogP contribution in [-0.2, 0) is 0 Å². The molecule has 1 aromatic heterocycles. The molecule has 1 aliphatic rings. The second kappa shape index (κ2) is 7.94. The van der Waals surface area contributed by atoms with E-state index in [4.69, 9.17) is 9.47 Å². The summed E-state index contributed by atoms with van der Waals surface area (Å²) < 4.78 is 11.1. The second-order valence-corrected chi connectivity index (χ2v) is 7.57. The maximum Gasteiger partial charge on any atom is 0.258 e. The first-order valence-electron chi connectivity index (χ1n) is 9.01. The quantitative estimate of drug-likeness (QED) is 0.686. The maximum atomic E-state index is 12.9. The van der Waals surface area contributed by atoms with Gasteiger partial charge in [0, 0.05) is 22.8 Å². The maximum absolute atomic E-state index is 12.9. The van der Waals surface area contributed by atoms with Gasteiger partial charge in [-0.2, -0.15) is 0 Å². The van der Waals surface area contributed by atoms with Gasteiger partial charge in [-0.25, -0.2) is 4.98 Å². The van der Waals surface area contributed by atoms with Crippen molar-refractivity contribution in [3.05, 3.63) is 71.4 Å². The van der Waals surface area contributed by atoms with Crippen LogP contribution < -0.4 is 14.8 Å². The number of fused-ring (bicyclic) bond motifs is 1. The summed E-state index contributed by atoms with van der Waals surface area (Å²) in [5.41, 5.74) is 3.51. The van der Waals surface area contributed by atoms with Crippen molar-refractivity contribution < 1.29 is 14.3 Å². The fourth-order valence-corrected chi connectivity index (χ4v) is 3.95. The van der Waals surface area contributed by atoms with Crippen LogP contribution in [0.3, 0.4) is 0 Å². The third-order valence-corrected chi connectivity index (χ3v) is 5.54.